The molecule has 0 aliphatic heterocycles. The van der Waals surface area contributed by atoms with E-state index < -0.39 is 11.9 Å². The van der Waals surface area contributed by atoms with Gasteiger partial charge in [-0.1, -0.05) is 17.7 Å². The van der Waals surface area contributed by atoms with E-state index in [9.17, 15) is 9.59 Å². The molecule has 0 aliphatic rings. The molecular formula is C22H22N4O3. The van der Waals surface area contributed by atoms with Crippen LogP contribution in [0.5, 0.6) is 11.5 Å². The molecule has 0 saturated carbocycles. The summed E-state index contributed by atoms with van der Waals surface area (Å²) in [4.78, 5) is 31.9. The Morgan fingerprint density at radius 1 is 1.00 bits per heavy atom. The van der Waals surface area contributed by atoms with E-state index in [1.165, 1.54) is 13.0 Å². The molecule has 0 radical (unpaired) electrons. The molecule has 0 saturated heterocycles. The summed E-state index contributed by atoms with van der Waals surface area (Å²) in [5, 5.41) is 2.89. The summed E-state index contributed by atoms with van der Waals surface area (Å²) in [6.07, 6.45) is 0. The maximum absolute atomic E-state index is 11.9. The van der Waals surface area contributed by atoms with E-state index in [1.54, 1.807) is 19.1 Å². The summed E-state index contributed by atoms with van der Waals surface area (Å²) in [6.45, 7) is 5.06. The number of primary amides is 1. The fraction of sp³-hybridized carbons (Fsp3) is 0.182. The largest absolute Gasteiger partial charge is 0.457 e. The molecule has 0 aliphatic carbocycles. The highest BCUT2D eigenvalue weighted by Gasteiger charge is 2.14. The van der Waals surface area contributed by atoms with Gasteiger partial charge in [-0.25, -0.2) is 9.97 Å². The Bertz CT molecular complexity index is 1030. The van der Waals surface area contributed by atoms with Gasteiger partial charge < -0.3 is 15.8 Å². The van der Waals surface area contributed by atoms with Crippen molar-refractivity contribution < 1.29 is 14.3 Å². The van der Waals surface area contributed by atoms with Gasteiger partial charge in [-0.15, -0.1) is 0 Å². The van der Waals surface area contributed by atoms with Crippen LogP contribution in [0, 0.1) is 6.92 Å². The van der Waals surface area contributed by atoms with Crippen LogP contribution >= 0.6 is 0 Å². The Kier molecular flexibility index (Phi) is 5.87. The van der Waals surface area contributed by atoms with Crippen molar-refractivity contribution in [1.29, 1.82) is 0 Å². The van der Waals surface area contributed by atoms with Gasteiger partial charge in [0.25, 0.3) is 0 Å². The zero-order valence-electron chi connectivity index (χ0n) is 16.5. The molecular weight excluding hydrogens is 368 g/mol. The molecule has 0 bridgehead atoms. The standard InChI is InChI=1S/C22H22N4O3/c1-13-4-8-17(9-5-13)29-18-10-6-16(7-11-18)22-25-19(15(3)27)12-20(26-22)24-14(2)21(23)28/h4-12,14H,1-3H3,(H2,23,28)(H,24,25,26)/t14-/m0/s1. The predicted molar refractivity (Wildman–Crippen MR) is 111 cm³/mol. The maximum Gasteiger partial charge on any atom is 0.239 e. The molecule has 7 heteroatoms. The molecule has 7 nitrogen and oxygen atoms in total. The van der Waals surface area contributed by atoms with Crippen molar-refractivity contribution in [2.45, 2.75) is 26.8 Å². The lowest BCUT2D eigenvalue weighted by Crippen LogP contribution is -2.32. The van der Waals surface area contributed by atoms with Gasteiger partial charge in [0.1, 0.15) is 29.1 Å². The SMILES string of the molecule is CC(=O)c1cc(N[C@@H](C)C(N)=O)nc(-c2ccc(Oc3ccc(C)cc3)cc2)n1. The second-order valence-corrected chi connectivity index (χ2v) is 6.73. The van der Waals surface area contributed by atoms with Crippen molar-refractivity contribution >= 4 is 17.5 Å². The molecule has 3 aromatic rings. The van der Waals surface area contributed by atoms with Crippen LogP contribution in [-0.2, 0) is 4.79 Å². The van der Waals surface area contributed by atoms with Crippen LogP contribution in [0.15, 0.2) is 54.6 Å². The van der Waals surface area contributed by atoms with Gasteiger partial charge in [0.15, 0.2) is 11.6 Å². The summed E-state index contributed by atoms with van der Waals surface area (Å²) in [5.41, 5.74) is 7.40. The van der Waals surface area contributed by atoms with E-state index in [4.69, 9.17) is 10.5 Å². The molecule has 148 valence electrons. The molecule has 0 fully saturated rings. The Morgan fingerprint density at radius 2 is 1.59 bits per heavy atom. The number of hydrogen-bond acceptors (Lipinski definition) is 6. The first-order valence-electron chi connectivity index (χ1n) is 9.12. The quantitative estimate of drug-likeness (QED) is 0.595. The normalized spacial score (nSPS) is 11.6. The number of carbonyl (C=O) groups excluding carboxylic acids is 2. The molecule has 0 unspecified atom stereocenters. The topological polar surface area (TPSA) is 107 Å². The van der Waals surface area contributed by atoms with Crippen molar-refractivity contribution in [3.63, 3.8) is 0 Å². The van der Waals surface area contributed by atoms with Gasteiger partial charge in [-0.3, -0.25) is 9.59 Å². The van der Waals surface area contributed by atoms with Crippen LogP contribution in [0.25, 0.3) is 11.4 Å². The van der Waals surface area contributed by atoms with E-state index in [2.05, 4.69) is 15.3 Å². The molecule has 1 heterocycles. The van der Waals surface area contributed by atoms with E-state index in [-0.39, 0.29) is 11.5 Å². The first-order chi connectivity index (χ1) is 13.8. The van der Waals surface area contributed by atoms with Crippen LogP contribution < -0.4 is 15.8 Å². The Morgan fingerprint density at radius 3 is 2.14 bits per heavy atom. The van der Waals surface area contributed by atoms with Crippen molar-refractivity contribution in [3.8, 4) is 22.9 Å². The third-order valence-corrected chi connectivity index (χ3v) is 4.25. The Hall–Kier alpha value is -3.74. The fourth-order valence-corrected chi connectivity index (χ4v) is 2.54. The number of ketones is 1. The number of anilines is 1. The third kappa shape index (κ3) is 5.16. The van der Waals surface area contributed by atoms with Crippen molar-refractivity contribution in [1.82, 2.24) is 9.97 Å². The zero-order chi connectivity index (χ0) is 21.0. The number of aryl methyl sites for hydroxylation is 1. The highest BCUT2D eigenvalue weighted by molar-refractivity contribution is 5.93. The molecule has 2 aromatic carbocycles. The van der Waals surface area contributed by atoms with E-state index in [0.29, 0.717) is 23.0 Å². The summed E-state index contributed by atoms with van der Waals surface area (Å²) in [6, 6.07) is 15.9. The minimum atomic E-state index is -0.636. The van der Waals surface area contributed by atoms with Crippen molar-refractivity contribution in [2.75, 3.05) is 5.32 Å². The second kappa shape index (κ2) is 8.52. The lowest BCUT2D eigenvalue weighted by molar-refractivity contribution is -0.118. The molecule has 3 rings (SSSR count). The van der Waals surface area contributed by atoms with Gasteiger partial charge in [-0.2, -0.15) is 0 Å². The van der Waals surface area contributed by atoms with Crippen LogP contribution in [-0.4, -0.2) is 27.7 Å². The van der Waals surface area contributed by atoms with E-state index in [1.807, 2.05) is 43.3 Å². The Labute approximate surface area is 169 Å². The number of ether oxygens (including phenoxy) is 1. The lowest BCUT2D eigenvalue weighted by Gasteiger charge is -2.13. The number of nitrogens with one attached hydrogen (secondary N) is 1. The molecule has 29 heavy (non-hydrogen) atoms. The third-order valence-electron chi connectivity index (χ3n) is 4.25. The van der Waals surface area contributed by atoms with Crippen LogP contribution in [0.2, 0.25) is 0 Å². The van der Waals surface area contributed by atoms with Gasteiger partial charge in [-0.05, 0) is 50.2 Å². The smallest absolute Gasteiger partial charge is 0.239 e. The summed E-state index contributed by atoms with van der Waals surface area (Å²) >= 11 is 0. The van der Waals surface area contributed by atoms with Gasteiger partial charge in [0.2, 0.25) is 5.91 Å². The maximum atomic E-state index is 11.9. The monoisotopic (exact) mass is 390 g/mol. The second-order valence-electron chi connectivity index (χ2n) is 6.73. The number of hydrogen-bond donors (Lipinski definition) is 2. The fourth-order valence-electron chi connectivity index (χ4n) is 2.54. The average Bonchev–Trinajstić information content (AvgIpc) is 2.70. The summed E-state index contributed by atoms with van der Waals surface area (Å²) in [7, 11) is 0. The number of nitrogens with two attached hydrogens (primary N) is 1. The molecule has 1 atom stereocenters. The predicted octanol–water partition coefficient (Wildman–Crippen LogP) is 3.73. The molecule has 0 spiro atoms. The summed E-state index contributed by atoms with van der Waals surface area (Å²) in [5.74, 6) is 1.39. The highest BCUT2D eigenvalue weighted by Crippen LogP contribution is 2.25. The van der Waals surface area contributed by atoms with Crippen LogP contribution in [0.4, 0.5) is 5.82 Å². The minimum Gasteiger partial charge on any atom is -0.457 e. The number of amides is 1. The van der Waals surface area contributed by atoms with E-state index >= 15 is 0 Å². The average molecular weight is 390 g/mol. The van der Waals surface area contributed by atoms with E-state index in [0.717, 1.165) is 11.3 Å². The van der Waals surface area contributed by atoms with Gasteiger partial charge >= 0.3 is 0 Å². The van der Waals surface area contributed by atoms with Gasteiger partial charge in [0.05, 0.1) is 0 Å². The number of nitrogens with zero attached hydrogens (tertiary/aromatic N) is 2. The molecule has 1 amide bonds. The lowest BCUT2D eigenvalue weighted by atomic mass is 10.2. The minimum absolute atomic E-state index is 0.206. The Balaban J connectivity index is 1.86. The first-order valence-corrected chi connectivity index (χ1v) is 9.12. The van der Waals surface area contributed by atoms with Crippen LogP contribution in [0.1, 0.15) is 29.9 Å². The number of rotatable bonds is 7. The number of aromatic nitrogens is 2. The zero-order valence-corrected chi connectivity index (χ0v) is 16.5. The summed E-state index contributed by atoms with van der Waals surface area (Å²) < 4.78 is 5.83. The van der Waals surface area contributed by atoms with Crippen molar-refractivity contribution in [3.05, 3.63) is 65.9 Å². The molecule has 3 N–H and O–H groups in total. The van der Waals surface area contributed by atoms with Crippen LogP contribution in [0.3, 0.4) is 0 Å². The number of Topliss-reactive ketones (excluding diaryl/α,β-unsaturated/α-hetero) is 1. The highest BCUT2D eigenvalue weighted by atomic mass is 16.5. The number of benzene rings is 2. The number of carbonyl (C=O) groups is 2. The van der Waals surface area contributed by atoms with Gasteiger partial charge in [0, 0.05) is 18.6 Å². The van der Waals surface area contributed by atoms with Crippen molar-refractivity contribution in [2.24, 2.45) is 5.73 Å². The molecule has 1 aromatic heterocycles. The first kappa shape index (κ1) is 20.0.